The second-order valence-electron chi connectivity index (χ2n) is 3.67. The number of nitrogens with one attached hydrogen (secondary N) is 1. The predicted molar refractivity (Wildman–Crippen MR) is 56.7 cm³/mol. The van der Waals surface area contributed by atoms with Gasteiger partial charge in [-0.25, -0.2) is 8.78 Å². The Labute approximate surface area is 94.6 Å². The largest absolute Gasteiger partial charge is 0.481 e. The molecule has 0 unspecified atom stereocenters. The van der Waals surface area contributed by atoms with Gasteiger partial charge in [-0.05, 0) is 25.4 Å². The van der Waals surface area contributed by atoms with Crippen molar-refractivity contribution in [3.8, 4) is 0 Å². The Bertz CT molecular complexity index is 179. The van der Waals surface area contributed by atoms with E-state index in [2.05, 4.69) is 5.32 Å². The molecule has 0 bridgehead atoms. The number of carboxylic acid groups (broad SMARTS) is 1. The fourth-order valence-corrected chi connectivity index (χ4v) is 1.01. The molecule has 0 saturated heterocycles. The van der Waals surface area contributed by atoms with Crippen LogP contribution in [-0.4, -0.2) is 30.6 Å². The van der Waals surface area contributed by atoms with Crippen molar-refractivity contribution in [2.24, 2.45) is 11.8 Å². The van der Waals surface area contributed by atoms with Crippen LogP contribution in [0, 0.1) is 11.8 Å². The zero-order valence-corrected chi connectivity index (χ0v) is 9.69. The molecule has 0 amide bonds. The summed E-state index contributed by atoms with van der Waals surface area (Å²) in [6, 6.07) is 0. The van der Waals surface area contributed by atoms with Gasteiger partial charge in [-0.3, -0.25) is 4.79 Å². The van der Waals surface area contributed by atoms with Crippen molar-refractivity contribution in [3.63, 3.8) is 0 Å². The van der Waals surface area contributed by atoms with Gasteiger partial charge in [0.15, 0.2) is 0 Å². The lowest BCUT2D eigenvalue weighted by molar-refractivity contribution is -0.147. The van der Waals surface area contributed by atoms with Crippen molar-refractivity contribution in [2.45, 2.75) is 26.7 Å². The number of rotatable bonds is 7. The highest BCUT2D eigenvalue weighted by Crippen LogP contribution is 2.13. The van der Waals surface area contributed by atoms with E-state index in [0.29, 0.717) is 12.5 Å². The zero-order valence-electron chi connectivity index (χ0n) is 8.87. The van der Waals surface area contributed by atoms with Crippen LogP contribution < -0.4 is 5.32 Å². The van der Waals surface area contributed by atoms with E-state index in [0.717, 1.165) is 6.54 Å². The van der Waals surface area contributed by atoms with Gasteiger partial charge < -0.3 is 10.4 Å². The molecule has 0 heterocycles. The normalized spacial score (nSPS) is 12.7. The third kappa shape index (κ3) is 8.57. The Morgan fingerprint density at radius 3 is 2.27 bits per heavy atom. The molecular weight excluding hydrogens is 228 g/mol. The van der Waals surface area contributed by atoms with Crippen molar-refractivity contribution in [2.75, 3.05) is 13.1 Å². The first-order valence-corrected chi connectivity index (χ1v) is 4.66. The first kappa shape index (κ1) is 17.0. The summed E-state index contributed by atoms with van der Waals surface area (Å²) < 4.78 is 24.3. The molecule has 0 aromatic heterocycles. The summed E-state index contributed by atoms with van der Waals surface area (Å²) in [6.07, 6.45) is -2.81. The maximum atomic E-state index is 12.1. The first-order valence-electron chi connectivity index (χ1n) is 4.66. The molecule has 2 N–H and O–H groups in total. The Hall–Kier alpha value is -0.420. The molecule has 3 nitrogen and oxygen atoms in total. The van der Waals surface area contributed by atoms with Crippen LogP contribution in [0.3, 0.4) is 0 Å². The third-order valence-corrected chi connectivity index (χ3v) is 1.81. The minimum Gasteiger partial charge on any atom is -0.481 e. The molecule has 0 saturated carbocycles. The minimum absolute atomic E-state index is 0. The molecule has 15 heavy (non-hydrogen) atoms. The highest BCUT2D eigenvalue weighted by molar-refractivity contribution is 5.85. The van der Waals surface area contributed by atoms with E-state index in [-0.39, 0.29) is 18.8 Å². The van der Waals surface area contributed by atoms with Crippen LogP contribution in [0.25, 0.3) is 0 Å². The Kier molecular flexibility index (Phi) is 10.0. The van der Waals surface area contributed by atoms with E-state index < -0.39 is 18.3 Å². The summed E-state index contributed by atoms with van der Waals surface area (Å²) in [7, 11) is 0. The number of halogens is 3. The number of carboxylic acids is 1. The Balaban J connectivity index is 0. The average Bonchev–Trinajstić information content (AvgIpc) is 2.01. The Morgan fingerprint density at radius 1 is 1.40 bits per heavy atom. The maximum absolute atomic E-state index is 12.1. The van der Waals surface area contributed by atoms with Gasteiger partial charge in [0, 0.05) is 0 Å². The zero-order chi connectivity index (χ0) is 11.1. The van der Waals surface area contributed by atoms with E-state index in [4.69, 9.17) is 5.11 Å². The van der Waals surface area contributed by atoms with Gasteiger partial charge in [0.25, 0.3) is 6.43 Å². The fourth-order valence-electron chi connectivity index (χ4n) is 1.01. The molecule has 0 aromatic rings. The maximum Gasteiger partial charge on any atom is 0.312 e. The molecule has 0 aliphatic heterocycles. The van der Waals surface area contributed by atoms with Crippen LogP contribution >= 0.6 is 12.4 Å². The number of aliphatic carboxylic acids is 1. The van der Waals surface area contributed by atoms with E-state index in [9.17, 15) is 13.6 Å². The standard InChI is InChI=1S/C9H17F2NO2.ClH/c1-6(2)5-12-4-3-7(8(10)11)9(13)14;/h6-8,12H,3-5H2,1-2H3,(H,13,14);1H/t7-;/m0./s1. The molecule has 0 rings (SSSR count). The smallest absolute Gasteiger partial charge is 0.312 e. The molecular formula is C9H18ClF2NO2. The predicted octanol–water partition coefficient (Wildman–Crippen LogP) is 2.01. The van der Waals surface area contributed by atoms with Gasteiger partial charge in [-0.15, -0.1) is 12.4 Å². The highest BCUT2D eigenvalue weighted by Gasteiger charge is 2.27. The van der Waals surface area contributed by atoms with Crippen molar-refractivity contribution < 1.29 is 18.7 Å². The number of carbonyl (C=O) groups is 1. The molecule has 0 radical (unpaired) electrons. The van der Waals surface area contributed by atoms with Crippen LogP contribution in [0.15, 0.2) is 0 Å². The number of hydrogen-bond donors (Lipinski definition) is 2. The van der Waals surface area contributed by atoms with Gasteiger partial charge in [0.1, 0.15) is 5.92 Å². The van der Waals surface area contributed by atoms with Crippen molar-refractivity contribution in [3.05, 3.63) is 0 Å². The van der Waals surface area contributed by atoms with Crippen molar-refractivity contribution in [1.29, 1.82) is 0 Å². The molecule has 0 aliphatic rings. The van der Waals surface area contributed by atoms with E-state index in [1.54, 1.807) is 0 Å². The lowest BCUT2D eigenvalue weighted by Gasteiger charge is -2.12. The summed E-state index contributed by atoms with van der Waals surface area (Å²) in [5.41, 5.74) is 0. The van der Waals surface area contributed by atoms with E-state index in [1.807, 2.05) is 13.8 Å². The average molecular weight is 246 g/mol. The summed E-state index contributed by atoms with van der Waals surface area (Å²) in [6.45, 7) is 5.03. The van der Waals surface area contributed by atoms with Crippen LogP contribution in [0.5, 0.6) is 0 Å². The topological polar surface area (TPSA) is 49.3 Å². The second kappa shape index (κ2) is 8.85. The molecule has 92 valence electrons. The van der Waals surface area contributed by atoms with E-state index >= 15 is 0 Å². The van der Waals surface area contributed by atoms with Gasteiger partial charge in [-0.2, -0.15) is 0 Å². The molecule has 0 fully saturated rings. The molecule has 1 atom stereocenters. The van der Waals surface area contributed by atoms with E-state index in [1.165, 1.54) is 0 Å². The summed E-state index contributed by atoms with van der Waals surface area (Å²) >= 11 is 0. The van der Waals surface area contributed by atoms with Gasteiger partial charge in [0.05, 0.1) is 0 Å². The molecule has 0 aromatic carbocycles. The molecule has 6 heteroatoms. The SMILES string of the molecule is CC(C)CNCC[C@H](C(=O)O)C(F)F.Cl. The summed E-state index contributed by atoms with van der Waals surface area (Å²) in [5.74, 6) is -2.54. The number of alkyl halides is 2. The monoisotopic (exact) mass is 245 g/mol. The molecule has 0 aliphatic carbocycles. The minimum atomic E-state index is -2.78. The fraction of sp³-hybridized carbons (Fsp3) is 0.889. The third-order valence-electron chi connectivity index (χ3n) is 1.81. The van der Waals surface area contributed by atoms with Crippen LogP contribution in [0.4, 0.5) is 8.78 Å². The molecule has 0 spiro atoms. The first-order chi connectivity index (χ1) is 6.45. The van der Waals surface area contributed by atoms with Gasteiger partial charge >= 0.3 is 5.97 Å². The van der Waals surface area contributed by atoms with Crippen molar-refractivity contribution in [1.82, 2.24) is 5.32 Å². The lowest BCUT2D eigenvalue weighted by atomic mass is 10.1. The Morgan fingerprint density at radius 2 is 1.93 bits per heavy atom. The van der Waals surface area contributed by atoms with Crippen molar-refractivity contribution >= 4 is 18.4 Å². The lowest BCUT2D eigenvalue weighted by Crippen LogP contribution is -2.28. The quantitative estimate of drug-likeness (QED) is 0.675. The van der Waals surface area contributed by atoms with Crippen LogP contribution in [0.1, 0.15) is 20.3 Å². The summed E-state index contributed by atoms with van der Waals surface area (Å²) in [5, 5.41) is 11.4. The van der Waals surface area contributed by atoms with Crippen LogP contribution in [-0.2, 0) is 4.79 Å². The number of hydrogen-bond acceptors (Lipinski definition) is 2. The van der Waals surface area contributed by atoms with Gasteiger partial charge in [0.2, 0.25) is 0 Å². The van der Waals surface area contributed by atoms with Gasteiger partial charge in [-0.1, -0.05) is 13.8 Å². The second-order valence-corrected chi connectivity index (χ2v) is 3.67. The summed E-state index contributed by atoms with van der Waals surface area (Å²) in [4.78, 5) is 10.4. The van der Waals surface area contributed by atoms with Crippen LogP contribution in [0.2, 0.25) is 0 Å². The highest BCUT2D eigenvalue weighted by atomic mass is 35.5.